The summed E-state index contributed by atoms with van der Waals surface area (Å²) in [5.41, 5.74) is 1.92. The molecule has 0 saturated heterocycles. The molecule has 2 aliphatic carbocycles. The van der Waals surface area contributed by atoms with Gasteiger partial charge in [0.2, 0.25) is 0 Å². The molecule has 1 heterocycles. The number of cyclic esters (lactones) is 1. The second kappa shape index (κ2) is 3.83. The first-order chi connectivity index (χ1) is 8.42. The fourth-order valence-corrected chi connectivity index (χ4v) is 4.17. The Bertz CT molecular complexity index is 421. The number of rotatable bonds is 0. The van der Waals surface area contributed by atoms with Crippen molar-refractivity contribution >= 4 is 5.97 Å². The summed E-state index contributed by atoms with van der Waals surface area (Å²) in [6.45, 7) is 6.95. The second-order valence-corrected chi connectivity index (χ2v) is 6.92. The molecule has 1 saturated carbocycles. The molecule has 0 aromatic rings. The molecule has 3 heteroatoms. The molecule has 3 rings (SSSR count). The van der Waals surface area contributed by atoms with E-state index in [4.69, 9.17) is 4.74 Å². The van der Waals surface area contributed by atoms with Gasteiger partial charge in [0.25, 0.3) is 0 Å². The molecule has 18 heavy (non-hydrogen) atoms. The first kappa shape index (κ1) is 12.2. The summed E-state index contributed by atoms with van der Waals surface area (Å²) in [6.07, 6.45) is 2.57. The molecule has 0 amide bonds. The number of carbonyl (C=O) groups excluding carboxylic acids is 1. The Balaban J connectivity index is 2.05. The fraction of sp³-hybridized carbons (Fsp3) is 0.800. The smallest absolute Gasteiger partial charge is 0.334 e. The number of hydrogen-bond acceptors (Lipinski definition) is 3. The van der Waals surface area contributed by atoms with Crippen LogP contribution in [0.4, 0.5) is 0 Å². The van der Waals surface area contributed by atoms with E-state index in [1.54, 1.807) is 0 Å². The maximum absolute atomic E-state index is 11.8. The van der Waals surface area contributed by atoms with Crippen LogP contribution < -0.4 is 0 Å². The number of carbonyl (C=O) groups is 1. The van der Waals surface area contributed by atoms with E-state index < -0.39 is 0 Å². The number of aliphatic hydroxyl groups is 1. The molecule has 0 spiro atoms. The molecule has 0 unspecified atom stereocenters. The van der Waals surface area contributed by atoms with Crippen molar-refractivity contribution in [2.75, 3.05) is 6.61 Å². The molecule has 0 aromatic carbocycles. The maximum atomic E-state index is 11.8. The zero-order valence-electron chi connectivity index (χ0n) is 11.4. The standard InChI is InChI=1S/C15H22O3/c1-8-4-5-9-11(7-18-14(9)17)12-10(8)6-15(2,3)13(12)16/h8,10,12-13,16H,4-7H2,1-3H3/t8-,10-,12-,13+/m1/s1. The summed E-state index contributed by atoms with van der Waals surface area (Å²) in [5.74, 6) is 1.07. The Labute approximate surface area is 108 Å². The van der Waals surface area contributed by atoms with Gasteiger partial charge in [-0.3, -0.25) is 0 Å². The maximum Gasteiger partial charge on any atom is 0.334 e. The van der Waals surface area contributed by atoms with Crippen molar-refractivity contribution in [3.05, 3.63) is 11.1 Å². The molecule has 3 nitrogen and oxygen atoms in total. The summed E-state index contributed by atoms with van der Waals surface area (Å²) >= 11 is 0. The lowest BCUT2D eigenvalue weighted by Crippen LogP contribution is -2.30. The highest BCUT2D eigenvalue weighted by Gasteiger charge is 2.53. The van der Waals surface area contributed by atoms with Crippen LogP contribution in [0.3, 0.4) is 0 Å². The summed E-state index contributed by atoms with van der Waals surface area (Å²) in [5, 5.41) is 10.6. The van der Waals surface area contributed by atoms with Crippen molar-refractivity contribution in [3.63, 3.8) is 0 Å². The van der Waals surface area contributed by atoms with Crippen LogP contribution in [-0.4, -0.2) is 23.8 Å². The monoisotopic (exact) mass is 250 g/mol. The van der Waals surface area contributed by atoms with Crippen LogP contribution in [0.25, 0.3) is 0 Å². The lowest BCUT2D eigenvalue weighted by Gasteiger charge is -2.27. The number of aliphatic hydroxyl groups excluding tert-OH is 1. The highest BCUT2D eigenvalue weighted by Crippen LogP contribution is 2.54. The Morgan fingerprint density at radius 1 is 1.39 bits per heavy atom. The van der Waals surface area contributed by atoms with Crippen molar-refractivity contribution < 1.29 is 14.6 Å². The van der Waals surface area contributed by atoms with Gasteiger partial charge in [0.1, 0.15) is 6.61 Å². The summed E-state index contributed by atoms with van der Waals surface area (Å²) in [6, 6.07) is 0. The van der Waals surface area contributed by atoms with Gasteiger partial charge in [-0.25, -0.2) is 4.79 Å². The first-order valence-electron chi connectivity index (χ1n) is 6.99. The van der Waals surface area contributed by atoms with E-state index >= 15 is 0 Å². The van der Waals surface area contributed by atoms with E-state index in [2.05, 4.69) is 20.8 Å². The van der Waals surface area contributed by atoms with Crippen LogP contribution in [-0.2, 0) is 9.53 Å². The van der Waals surface area contributed by atoms with Crippen LogP contribution in [0.5, 0.6) is 0 Å². The third kappa shape index (κ3) is 1.56. The highest BCUT2D eigenvalue weighted by atomic mass is 16.5. The summed E-state index contributed by atoms with van der Waals surface area (Å²) < 4.78 is 5.19. The molecule has 1 fully saturated rings. The Morgan fingerprint density at radius 3 is 2.83 bits per heavy atom. The minimum atomic E-state index is -0.345. The quantitative estimate of drug-likeness (QED) is 0.671. The van der Waals surface area contributed by atoms with E-state index in [0.717, 1.165) is 30.4 Å². The predicted molar refractivity (Wildman–Crippen MR) is 67.8 cm³/mol. The van der Waals surface area contributed by atoms with E-state index in [-0.39, 0.29) is 23.4 Å². The molecule has 100 valence electrons. The van der Waals surface area contributed by atoms with Crippen LogP contribution >= 0.6 is 0 Å². The third-order valence-electron chi connectivity index (χ3n) is 5.34. The third-order valence-corrected chi connectivity index (χ3v) is 5.34. The largest absolute Gasteiger partial charge is 0.458 e. The minimum Gasteiger partial charge on any atom is -0.458 e. The number of ether oxygens (including phenoxy) is 1. The SMILES string of the molecule is C[C@@H]1CCC2=C(COC2=O)[C@H]2[C@@H]1CC(C)(C)[C@H]2O. The van der Waals surface area contributed by atoms with E-state index in [9.17, 15) is 9.90 Å². The molecule has 0 bridgehead atoms. The van der Waals surface area contributed by atoms with Crippen molar-refractivity contribution in [1.29, 1.82) is 0 Å². The average Bonchev–Trinajstić information content (AvgIpc) is 2.71. The fourth-order valence-electron chi connectivity index (χ4n) is 4.17. The van der Waals surface area contributed by atoms with E-state index in [1.807, 2.05) is 0 Å². The predicted octanol–water partition coefficient (Wildman–Crippen LogP) is 2.29. The molecular weight excluding hydrogens is 228 g/mol. The van der Waals surface area contributed by atoms with Crippen molar-refractivity contribution in [3.8, 4) is 0 Å². The number of fused-ring (bicyclic) bond motifs is 2. The highest BCUT2D eigenvalue weighted by molar-refractivity contribution is 5.92. The molecule has 1 aliphatic heterocycles. The van der Waals surface area contributed by atoms with Gasteiger partial charge < -0.3 is 9.84 Å². The van der Waals surface area contributed by atoms with Crippen molar-refractivity contribution in [2.24, 2.45) is 23.2 Å². The lowest BCUT2D eigenvalue weighted by molar-refractivity contribution is -0.136. The molecule has 0 aromatic heterocycles. The van der Waals surface area contributed by atoms with Gasteiger partial charge in [-0.05, 0) is 42.1 Å². The zero-order valence-corrected chi connectivity index (χ0v) is 11.4. The van der Waals surface area contributed by atoms with Gasteiger partial charge in [0.15, 0.2) is 0 Å². The van der Waals surface area contributed by atoms with Crippen molar-refractivity contribution in [2.45, 2.75) is 46.1 Å². The number of esters is 1. The van der Waals surface area contributed by atoms with Crippen molar-refractivity contribution in [1.82, 2.24) is 0 Å². The van der Waals surface area contributed by atoms with Gasteiger partial charge in [0.05, 0.1) is 6.10 Å². The lowest BCUT2D eigenvalue weighted by atomic mass is 9.81. The molecule has 1 N–H and O–H groups in total. The summed E-state index contributed by atoms with van der Waals surface area (Å²) in [7, 11) is 0. The Morgan fingerprint density at radius 2 is 2.11 bits per heavy atom. The summed E-state index contributed by atoms with van der Waals surface area (Å²) in [4.78, 5) is 11.8. The van der Waals surface area contributed by atoms with Gasteiger partial charge in [0, 0.05) is 11.5 Å². The topological polar surface area (TPSA) is 46.5 Å². The van der Waals surface area contributed by atoms with Crippen LogP contribution in [0.15, 0.2) is 11.1 Å². The van der Waals surface area contributed by atoms with E-state index in [0.29, 0.717) is 18.4 Å². The Hall–Kier alpha value is -0.830. The number of hydrogen-bond donors (Lipinski definition) is 1. The van der Waals surface area contributed by atoms with Gasteiger partial charge in [-0.2, -0.15) is 0 Å². The van der Waals surface area contributed by atoms with Gasteiger partial charge >= 0.3 is 5.97 Å². The first-order valence-corrected chi connectivity index (χ1v) is 6.99. The van der Waals surface area contributed by atoms with Gasteiger partial charge in [-0.1, -0.05) is 20.8 Å². The molecular formula is C15H22O3. The van der Waals surface area contributed by atoms with Crippen LogP contribution in [0.1, 0.15) is 40.0 Å². The molecule has 3 aliphatic rings. The zero-order chi connectivity index (χ0) is 13.1. The molecule has 0 radical (unpaired) electrons. The van der Waals surface area contributed by atoms with E-state index in [1.165, 1.54) is 0 Å². The van der Waals surface area contributed by atoms with Crippen LogP contribution in [0.2, 0.25) is 0 Å². The van der Waals surface area contributed by atoms with Crippen LogP contribution in [0, 0.1) is 23.2 Å². The van der Waals surface area contributed by atoms with Gasteiger partial charge in [-0.15, -0.1) is 0 Å². The molecule has 4 atom stereocenters. The minimum absolute atomic E-state index is 0.0509. The normalized spacial score (nSPS) is 42.3. The average molecular weight is 250 g/mol. The second-order valence-electron chi connectivity index (χ2n) is 6.92. The Kier molecular flexibility index (Phi) is 2.60.